The summed E-state index contributed by atoms with van der Waals surface area (Å²) in [5.74, 6) is -1.37. The van der Waals surface area contributed by atoms with Gasteiger partial charge in [0.25, 0.3) is 0 Å². The fraction of sp³-hybridized carbons (Fsp3) is 0.857. The second-order valence-electron chi connectivity index (χ2n) is 6.77. The molecule has 6 heteroatoms. The molecule has 0 aromatic carbocycles. The molecule has 0 aromatic heterocycles. The number of carboxylic acid groups (broad SMARTS) is 1. The molecule has 2 atom stereocenters. The van der Waals surface area contributed by atoms with Crippen LogP contribution in [0.4, 0.5) is 4.79 Å². The van der Waals surface area contributed by atoms with Gasteiger partial charge >= 0.3 is 12.1 Å². The molecule has 1 spiro atoms. The van der Waals surface area contributed by atoms with Gasteiger partial charge in [-0.1, -0.05) is 0 Å². The van der Waals surface area contributed by atoms with Gasteiger partial charge in [0.2, 0.25) is 0 Å². The van der Waals surface area contributed by atoms with Crippen LogP contribution in [0, 0.1) is 11.3 Å². The predicted octanol–water partition coefficient (Wildman–Crippen LogP) is 1.73. The van der Waals surface area contributed by atoms with Gasteiger partial charge in [-0.2, -0.15) is 0 Å². The van der Waals surface area contributed by atoms with Gasteiger partial charge in [-0.25, -0.2) is 4.79 Å². The molecular weight excluding hydrogens is 262 g/mol. The molecule has 2 rings (SSSR count). The van der Waals surface area contributed by atoms with Crippen molar-refractivity contribution < 1.29 is 24.2 Å². The Balaban J connectivity index is 2.08. The molecule has 2 unspecified atom stereocenters. The zero-order chi connectivity index (χ0) is 15.0. The topological polar surface area (TPSA) is 76.1 Å². The molecule has 114 valence electrons. The summed E-state index contributed by atoms with van der Waals surface area (Å²) in [6, 6.07) is 0. The normalized spacial score (nSPS) is 30.6. The van der Waals surface area contributed by atoms with E-state index in [1.807, 2.05) is 20.8 Å². The molecule has 20 heavy (non-hydrogen) atoms. The fourth-order valence-electron chi connectivity index (χ4n) is 3.04. The van der Waals surface area contributed by atoms with E-state index in [-0.39, 0.29) is 12.7 Å². The maximum absolute atomic E-state index is 12.1. The van der Waals surface area contributed by atoms with Gasteiger partial charge in [0.05, 0.1) is 19.1 Å². The summed E-state index contributed by atoms with van der Waals surface area (Å²) in [7, 11) is 0. The van der Waals surface area contributed by atoms with Crippen LogP contribution in [0.25, 0.3) is 0 Å². The lowest BCUT2D eigenvalue weighted by molar-refractivity contribution is -0.146. The first-order valence-electron chi connectivity index (χ1n) is 7.02. The summed E-state index contributed by atoms with van der Waals surface area (Å²) < 4.78 is 10.8. The Hall–Kier alpha value is -1.30. The Kier molecular flexibility index (Phi) is 3.95. The number of hydrogen-bond donors (Lipinski definition) is 1. The van der Waals surface area contributed by atoms with Crippen LogP contribution in [0.2, 0.25) is 0 Å². The number of rotatable bonds is 1. The van der Waals surface area contributed by atoms with Crippen molar-refractivity contribution in [3.05, 3.63) is 0 Å². The van der Waals surface area contributed by atoms with E-state index < -0.39 is 22.9 Å². The molecule has 6 nitrogen and oxygen atoms in total. The number of hydrogen-bond acceptors (Lipinski definition) is 4. The van der Waals surface area contributed by atoms with E-state index in [9.17, 15) is 14.7 Å². The highest BCUT2D eigenvalue weighted by atomic mass is 16.6. The highest BCUT2D eigenvalue weighted by Crippen LogP contribution is 2.42. The lowest BCUT2D eigenvalue weighted by Gasteiger charge is -2.41. The van der Waals surface area contributed by atoms with Crippen LogP contribution in [-0.4, -0.2) is 54.0 Å². The number of carboxylic acids is 1. The van der Waals surface area contributed by atoms with Crippen molar-refractivity contribution in [2.45, 2.75) is 39.2 Å². The van der Waals surface area contributed by atoms with Crippen molar-refractivity contribution in [3.8, 4) is 0 Å². The first-order chi connectivity index (χ1) is 9.23. The summed E-state index contributed by atoms with van der Waals surface area (Å²) in [5.41, 5.74) is -0.999. The fourth-order valence-corrected chi connectivity index (χ4v) is 3.04. The second kappa shape index (κ2) is 5.24. The van der Waals surface area contributed by atoms with Crippen molar-refractivity contribution in [1.29, 1.82) is 0 Å². The Labute approximate surface area is 119 Å². The van der Waals surface area contributed by atoms with Crippen LogP contribution in [0.15, 0.2) is 0 Å². The van der Waals surface area contributed by atoms with Crippen LogP contribution in [0.5, 0.6) is 0 Å². The highest BCUT2D eigenvalue weighted by molar-refractivity contribution is 5.72. The summed E-state index contributed by atoms with van der Waals surface area (Å²) >= 11 is 0. The summed E-state index contributed by atoms with van der Waals surface area (Å²) in [4.78, 5) is 25.1. The van der Waals surface area contributed by atoms with E-state index in [4.69, 9.17) is 9.47 Å². The molecular formula is C14H23NO5. The molecule has 0 aliphatic carbocycles. The second-order valence-corrected chi connectivity index (χ2v) is 6.77. The molecule has 0 saturated carbocycles. The van der Waals surface area contributed by atoms with Crippen LogP contribution >= 0.6 is 0 Å². The number of nitrogens with zero attached hydrogens (tertiary/aromatic N) is 1. The zero-order valence-electron chi connectivity index (χ0n) is 12.3. The van der Waals surface area contributed by atoms with Crippen LogP contribution < -0.4 is 0 Å². The molecule has 2 saturated heterocycles. The van der Waals surface area contributed by atoms with Crippen molar-refractivity contribution >= 4 is 12.1 Å². The molecule has 0 bridgehead atoms. The number of carbonyl (C=O) groups excluding carboxylic acids is 1. The average molecular weight is 285 g/mol. The Morgan fingerprint density at radius 2 is 2.10 bits per heavy atom. The van der Waals surface area contributed by atoms with Gasteiger partial charge in [0.1, 0.15) is 5.60 Å². The Morgan fingerprint density at radius 3 is 2.70 bits per heavy atom. The molecule has 2 heterocycles. The SMILES string of the molecule is CC(C)(C)OC(=O)N1CCCC2(COCC2C(=O)O)C1. The lowest BCUT2D eigenvalue weighted by atomic mass is 9.72. The van der Waals surface area contributed by atoms with Crippen molar-refractivity contribution in [1.82, 2.24) is 4.90 Å². The van der Waals surface area contributed by atoms with E-state index in [0.29, 0.717) is 19.7 Å². The third-order valence-electron chi connectivity index (χ3n) is 3.97. The van der Waals surface area contributed by atoms with Gasteiger partial charge in [0.15, 0.2) is 0 Å². The maximum Gasteiger partial charge on any atom is 0.410 e. The van der Waals surface area contributed by atoms with Crippen LogP contribution in [0.1, 0.15) is 33.6 Å². The van der Waals surface area contributed by atoms with Crippen LogP contribution in [-0.2, 0) is 14.3 Å². The number of ether oxygens (including phenoxy) is 2. The monoisotopic (exact) mass is 285 g/mol. The number of carbonyl (C=O) groups is 2. The molecule has 1 N–H and O–H groups in total. The average Bonchev–Trinajstić information content (AvgIpc) is 2.70. The van der Waals surface area contributed by atoms with Gasteiger partial charge in [-0.05, 0) is 33.6 Å². The van der Waals surface area contributed by atoms with E-state index in [1.54, 1.807) is 4.90 Å². The zero-order valence-corrected chi connectivity index (χ0v) is 12.3. The first kappa shape index (κ1) is 15.1. The summed E-state index contributed by atoms with van der Waals surface area (Å²) in [6.07, 6.45) is 1.20. The highest BCUT2D eigenvalue weighted by Gasteiger charge is 2.51. The van der Waals surface area contributed by atoms with Gasteiger partial charge in [0, 0.05) is 18.5 Å². The van der Waals surface area contributed by atoms with Gasteiger partial charge in [-0.15, -0.1) is 0 Å². The van der Waals surface area contributed by atoms with Crippen molar-refractivity contribution in [3.63, 3.8) is 0 Å². The first-order valence-corrected chi connectivity index (χ1v) is 7.02. The number of likely N-dealkylation sites (tertiary alicyclic amines) is 1. The van der Waals surface area contributed by atoms with Crippen molar-refractivity contribution in [2.75, 3.05) is 26.3 Å². The van der Waals surface area contributed by atoms with Crippen LogP contribution in [0.3, 0.4) is 0 Å². The van der Waals surface area contributed by atoms with E-state index in [2.05, 4.69) is 0 Å². The number of amides is 1. The van der Waals surface area contributed by atoms with Crippen molar-refractivity contribution in [2.24, 2.45) is 11.3 Å². The Morgan fingerprint density at radius 1 is 1.40 bits per heavy atom. The quantitative estimate of drug-likeness (QED) is 0.794. The Bertz CT molecular complexity index is 403. The molecule has 2 aliphatic heterocycles. The largest absolute Gasteiger partial charge is 0.481 e. The molecule has 0 aromatic rings. The lowest BCUT2D eigenvalue weighted by Crippen LogP contribution is -2.52. The summed E-state index contributed by atoms with van der Waals surface area (Å²) in [5, 5.41) is 9.33. The molecule has 1 amide bonds. The van der Waals surface area contributed by atoms with E-state index in [0.717, 1.165) is 12.8 Å². The van der Waals surface area contributed by atoms with Gasteiger partial charge in [-0.3, -0.25) is 4.79 Å². The minimum Gasteiger partial charge on any atom is -0.481 e. The minimum atomic E-state index is -0.839. The van der Waals surface area contributed by atoms with E-state index >= 15 is 0 Å². The number of aliphatic carboxylic acids is 1. The van der Waals surface area contributed by atoms with E-state index in [1.165, 1.54) is 0 Å². The summed E-state index contributed by atoms with van der Waals surface area (Å²) in [6.45, 7) is 7.12. The molecule has 2 aliphatic rings. The van der Waals surface area contributed by atoms with Gasteiger partial charge < -0.3 is 19.5 Å². The molecule has 0 radical (unpaired) electrons. The maximum atomic E-state index is 12.1. The third kappa shape index (κ3) is 3.06. The number of piperidine rings is 1. The minimum absolute atomic E-state index is 0.234. The molecule has 2 fully saturated rings. The predicted molar refractivity (Wildman–Crippen MR) is 71.4 cm³/mol. The smallest absolute Gasteiger partial charge is 0.410 e. The standard InChI is InChI=1S/C14H23NO5/c1-13(2,3)20-12(18)15-6-4-5-14(8-15)9-19-7-10(14)11(16)17/h10H,4-9H2,1-3H3,(H,16,17). The third-order valence-corrected chi connectivity index (χ3v) is 3.97.